The summed E-state index contributed by atoms with van der Waals surface area (Å²) in [7, 11) is 0. The van der Waals surface area contributed by atoms with E-state index in [1.54, 1.807) is 12.4 Å². The van der Waals surface area contributed by atoms with Crippen molar-refractivity contribution in [1.29, 1.82) is 0 Å². The first-order chi connectivity index (χ1) is 5.33. The molecule has 1 aromatic rings. The van der Waals surface area contributed by atoms with E-state index in [4.69, 9.17) is 11.6 Å². The van der Waals surface area contributed by atoms with Gasteiger partial charge in [0.05, 0.1) is 5.02 Å². The fourth-order valence-corrected chi connectivity index (χ4v) is 0.849. The van der Waals surface area contributed by atoms with E-state index in [0.29, 0.717) is 5.02 Å². The zero-order valence-corrected chi connectivity index (χ0v) is 7.01. The van der Waals surface area contributed by atoms with Gasteiger partial charge in [-0.25, -0.2) is 9.97 Å². The number of halogens is 1. The average molecular weight is 170 g/mol. The number of hydrogen-bond donors (Lipinski definition) is 0. The van der Waals surface area contributed by atoms with Crippen LogP contribution >= 0.6 is 11.6 Å². The van der Waals surface area contributed by atoms with Crippen molar-refractivity contribution in [1.82, 2.24) is 9.97 Å². The van der Waals surface area contributed by atoms with Crippen LogP contribution in [0.15, 0.2) is 12.4 Å². The second-order valence-electron chi connectivity index (χ2n) is 2.27. The molecule has 3 heteroatoms. The van der Waals surface area contributed by atoms with E-state index in [-0.39, 0.29) is 0 Å². The SMILES string of the molecule is [CH2]CCCc1ncc(Cl)cn1. The molecule has 2 nitrogen and oxygen atoms in total. The molecule has 0 bridgehead atoms. The van der Waals surface area contributed by atoms with Gasteiger partial charge in [0.2, 0.25) is 0 Å². The van der Waals surface area contributed by atoms with Crippen molar-refractivity contribution < 1.29 is 0 Å². The van der Waals surface area contributed by atoms with Crippen LogP contribution in [0.5, 0.6) is 0 Å². The molecule has 0 N–H and O–H groups in total. The first-order valence-electron chi connectivity index (χ1n) is 3.58. The van der Waals surface area contributed by atoms with Crippen LogP contribution in [0.4, 0.5) is 0 Å². The predicted molar refractivity (Wildman–Crippen MR) is 45.3 cm³/mol. The molecule has 0 amide bonds. The Hall–Kier alpha value is -0.630. The van der Waals surface area contributed by atoms with Gasteiger partial charge < -0.3 is 0 Å². The van der Waals surface area contributed by atoms with Crippen LogP contribution in [0.2, 0.25) is 5.02 Å². The Morgan fingerprint density at radius 3 is 2.55 bits per heavy atom. The molecule has 0 atom stereocenters. The minimum atomic E-state index is 0.586. The van der Waals surface area contributed by atoms with Gasteiger partial charge in [0.25, 0.3) is 0 Å². The van der Waals surface area contributed by atoms with Crippen molar-refractivity contribution >= 4 is 11.6 Å². The lowest BCUT2D eigenvalue weighted by atomic mass is 10.2. The fraction of sp³-hybridized carbons (Fsp3) is 0.375. The second-order valence-corrected chi connectivity index (χ2v) is 2.71. The number of aryl methyl sites for hydroxylation is 1. The van der Waals surface area contributed by atoms with Crippen LogP contribution in [-0.4, -0.2) is 9.97 Å². The lowest BCUT2D eigenvalue weighted by Crippen LogP contribution is -1.92. The van der Waals surface area contributed by atoms with Crippen LogP contribution in [0, 0.1) is 6.92 Å². The molecule has 1 heterocycles. The van der Waals surface area contributed by atoms with Crippen LogP contribution in [0.3, 0.4) is 0 Å². The third-order valence-electron chi connectivity index (χ3n) is 1.32. The van der Waals surface area contributed by atoms with Gasteiger partial charge in [0, 0.05) is 18.8 Å². The summed E-state index contributed by atoms with van der Waals surface area (Å²) in [6, 6.07) is 0. The van der Waals surface area contributed by atoms with Gasteiger partial charge in [-0.3, -0.25) is 0 Å². The molecule has 1 rings (SSSR count). The van der Waals surface area contributed by atoms with E-state index < -0.39 is 0 Å². The van der Waals surface area contributed by atoms with Crippen molar-refractivity contribution in [3.8, 4) is 0 Å². The van der Waals surface area contributed by atoms with Crippen LogP contribution in [0.25, 0.3) is 0 Å². The topological polar surface area (TPSA) is 25.8 Å². The molecule has 59 valence electrons. The maximum atomic E-state index is 5.61. The van der Waals surface area contributed by atoms with E-state index >= 15 is 0 Å². The maximum absolute atomic E-state index is 5.61. The van der Waals surface area contributed by atoms with E-state index in [1.165, 1.54) is 0 Å². The van der Waals surface area contributed by atoms with E-state index in [9.17, 15) is 0 Å². The predicted octanol–water partition coefficient (Wildman–Crippen LogP) is 2.29. The van der Waals surface area contributed by atoms with Gasteiger partial charge >= 0.3 is 0 Å². The van der Waals surface area contributed by atoms with Crippen LogP contribution in [-0.2, 0) is 6.42 Å². The third kappa shape index (κ3) is 2.85. The molecule has 0 fully saturated rings. The van der Waals surface area contributed by atoms with Crippen molar-refractivity contribution in [2.75, 3.05) is 0 Å². The summed E-state index contributed by atoms with van der Waals surface area (Å²) >= 11 is 5.61. The Labute approximate surface area is 71.6 Å². The van der Waals surface area contributed by atoms with Gasteiger partial charge in [0.1, 0.15) is 5.82 Å². The van der Waals surface area contributed by atoms with Gasteiger partial charge in [-0.1, -0.05) is 24.9 Å². The molecule has 0 aliphatic carbocycles. The minimum absolute atomic E-state index is 0.586. The molecule has 0 spiro atoms. The minimum Gasteiger partial charge on any atom is -0.240 e. The van der Waals surface area contributed by atoms with Crippen molar-refractivity contribution in [3.63, 3.8) is 0 Å². The zero-order chi connectivity index (χ0) is 8.10. The van der Waals surface area contributed by atoms with Crippen molar-refractivity contribution in [2.24, 2.45) is 0 Å². The van der Waals surface area contributed by atoms with Crippen molar-refractivity contribution in [3.05, 3.63) is 30.2 Å². The molecule has 0 saturated carbocycles. The summed E-state index contributed by atoms with van der Waals surface area (Å²) in [6.07, 6.45) is 6.08. The highest BCUT2D eigenvalue weighted by Gasteiger charge is 1.94. The quantitative estimate of drug-likeness (QED) is 0.694. The average Bonchev–Trinajstić information content (AvgIpc) is 2.04. The summed E-state index contributed by atoms with van der Waals surface area (Å²) in [5, 5.41) is 0.586. The molecule has 0 aliphatic rings. The van der Waals surface area contributed by atoms with Crippen molar-refractivity contribution in [2.45, 2.75) is 19.3 Å². The standard InChI is InChI=1S/C8H10ClN2/c1-2-3-4-8-10-5-7(9)6-11-8/h5-6H,1-4H2. The van der Waals surface area contributed by atoms with Gasteiger partial charge in [-0.15, -0.1) is 0 Å². The Bertz CT molecular complexity index is 208. The van der Waals surface area contributed by atoms with E-state index in [1.807, 2.05) is 0 Å². The summed E-state index contributed by atoms with van der Waals surface area (Å²) in [4.78, 5) is 8.09. The fourth-order valence-electron chi connectivity index (χ4n) is 0.751. The lowest BCUT2D eigenvalue weighted by Gasteiger charge is -1.96. The Kier molecular flexibility index (Phi) is 3.30. The second kappa shape index (κ2) is 4.29. The molecule has 0 saturated heterocycles. The molecule has 0 aliphatic heterocycles. The monoisotopic (exact) mass is 169 g/mol. The highest BCUT2D eigenvalue weighted by molar-refractivity contribution is 6.30. The van der Waals surface area contributed by atoms with E-state index in [0.717, 1.165) is 25.1 Å². The molecular formula is C8H10ClN2. The molecule has 11 heavy (non-hydrogen) atoms. The Balaban J connectivity index is 2.52. The molecule has 1 radical (unpaired) electrons. The zero-order valence-electron chi connectivity index (χ0n) is 6.26. The first kappa shape index (κ1) is 8.47. The Morgan fingerprint density at radius 1 is 1.36 bits per heavy atom. The third-order valence-corrected chi connectivity index (χ3v) is 1.52. The highest BCUT2D eigenvalue weighted by Crippen LogP contribution is 2.04. The summed E-state index contributed by atoms with van der Waals surface area (Å²) in [6.45, 7) is 3.74. The molecular weight excluding hydrogens is 160 g/mol. The van der Waals surface area contributed by atoms with Gasteiger partial charge in [-0.05, 0) is 6.42 Å². The summed E-state index contributed by atoms with van der Waals surface area (Å²) in [5.74, 6) is 0.845. The van der Waals surface area contributed by atoms with Crippen LogP contribution in [0.1, 0.15) is 18.7 Å². The number of hydrogen-bond acceptors (Lipinski definition) is 2. The molecule has 1 aromatic heterocycles. The van der Waals surface area contributed by atoms with Gasteiger partial charge in [-0.2, -0.15) is 0 Å². The number of rotatable bonds is 3. The van der Waals surface area contributed by atoms with E-state index in [2.05, 4.69) is 16.9 Å². The van der Waals surface area contributed by atoms with Crippen LogP contribution < -0.4 is 0 Å². The maximum Gasteiger partial charge on any atom is 0.128 e. The summed E-state index contributed by atoms with van der Waals surface area (Å²) < 4.78 is 0. The molecule has 0 aromatic carbocycles. The van der Waals surface area contributed by atoms with Gasteiger partial charge in [0.15, 0.2) is 0 Å². The highest BCUT2D eigenvalue weighted by atomic mass is 35.5. The first-order valence-corrected chi connectivity index (χ1v) is 3.96. The summed E-state index contributed by atoms with van der Waals surface area (Å²) in [5.41, 5.74) is 0. The number of unbranched alkanes of at least 4 members (excludes halogenated alkanes) is 1. The largest absolute Gasteiger partial charge is 0.240 e. The normalized spacial score (nSPS) is 10.0. The lowest BCUT2D eigenvalue weighted by molar-refractivity contribution is 0.784. The number of nitrogens with zero attached hydrogens (tertiary/aromatic N) is 2. The Morgan fingerprint density at radius 2 is 2.00 bits per heavy atom. The smallest absolute Gasteiger partial charge is 0.128 e. The number of aromatic nitrogens is 2. The molecule has 0 unspecified atom stereocenters.